The van der Waals surface area contributed by atoms with Crippen molar-refractivity contribution in [1.82, 2.24) is 4.90 Å². The van der Waals surface area contributed by atoms with E-state index < -0.39 is 36.4 Å². The van der Waals surface area contributed by atoms with Crippen molar-refractivity contribution in [2.24, 2.45) is 27.1 Å². The van der Waals surface area contributed by atoms with Crippen molar-refractivity contribution in [3.05, 3.63) is 137 Å². The van der Waals surface area contributed by atoms with Crippen LogP contribution >= 0.6 is 58.8 Å². The van der Waals surface area contributed by atoms with Gasteiger partial charge in [-0.3, -0.25) is 0 Å². The number of halogens is 11. The number of rotatable bonds is 8. The van der Waals surface area contributed by atoms with Crippen LogP contribution in [0.4, 0.5) is 26.3 Å². The fourth-order valence-corrected chi connectivity index (χ4v) is 7.57. The molecule has 348 valence electrons. The fourth-order valence-electron chi connectivity index (χ4n) is 6.51. The number of nitriles is 1. The molecule has 0 radical (unpaired) electrons. The molecule has 11 nitrogen and oxygen atoms in total. The van der Waals surface area contributed by atoms with E-state index in [9.17, 15) is 26.3 Å². The summed E-state index contributed by atoms with van der Waals surface area (Å²) < 4.78 is 83.8. The quantitative estimate of drug-likeness (QED) is 0.0443. The molecule has 6 rings (SSSR count). The second-order valence-electron chi connectivity index (χ2n) is 13.9. The average Bonchev–Trinajstić information content (AvgIpc) is 3.90. The highest BCUT2D eigenvalue weighted by Gasteiger charge is 2.63. The lowest BCUT2D eigenvalue weighted by Gasteiger charge is -2.29. The second-order valence-corrected chi connectivity index (χ2v) is 15.6. The number of aryl methyl sites for hydroxylation is 2. The van der Waals surface area contributed by atoms with Gasteiger partial charge in [0, 0.05) is 49.6 Å². The first-order valence-corrected chi connectivity index (χ1v) is 20.2. The Kier molecular flexibility index (Phi) is 20.5. The molecule has 2 aliphatic rings. The highest BCUT2D eigenvalue weighted by molar-refractivity contribution is 6.35. The van der Waals surface area contributed by atoms with Gasteiger partial charge in [-0.15, -0.1) is 12.4 Å². The summed E-state index contributed by atoms with van der Waals surface area (Å²) in [5, 5.41) is 34.8. The van der Waals surface area contributed by atoms with Crippen molar-refractivity contribution < 1.29 is 46.4 Å². The van der Waals surface area contributed by atoms with E-state index in [1.807, 2.05) is 6.07 Å². The van der Waals surface area contributed by atoms with E-state index in [1.54, 1.807) is 32.0 Å². The van der Waals surface area contributed by atoms with E-state index in [4.69, 9.17) is 77.5 Å². The number of benzene rings is 4. The molecule has 2 atom stereocenters. The number of nitrogens with two attached hydrogens (primary N) is 2. The average molecular weight is 1000 g/mol. The third-order valence-electron chi connectivity index (χ3n) is 9.99. The van der Waals surface area contributed by atoms with E-state index in [2.05, 4.69) is 47.0 Å². The zero-order valence-corrected chi connectivity index (χ0v) is 38.6. The first-order chi connectivity index (χ1) is 29.6. The summed E-state index contributed by atoms with van der Waals surface area (Å²) in [4.78, 5) is 12.3. The summed E-state index contributed by atoms with van der Waals surface area (Å²) in [6, 6.07) is 18.7. The van der Waals surface area contributed by atoms with Crippen molar-refractivity contribution in [2.45, 2.75) is 71.0 Å². The van der Waals surface area contributed by atoms with E-state index in [0.29, 0.717) is 33.4 Å². The van der Waals surface area contributed by atoms with Gasteiger partial charge < -0.3 is 30.7 Å². The standard InChI is InChI=1S/C18H14Cl2F3N3O2.C18H11Cl2F3N2O.C6H15N.ClH.H3NO/c1-9-4-10(2-3-14(9)16(24)25-27)15-8-17(28-26-15,18(21,22)23)11-5-12(19)7-13(20)6-11;1-10-4-11(2-3-12(10)9-24)16-8-17(26-25-16,18(21,22)23)13-5-14(19)7-15(20)6-13;1-4-7(5-2)6-3;;1-2/h2-7,27H,8H2,1H3,(H2,24,25);2-7H,8H2,1H3;4-6H2,1-3H3;1H;2H,1H2. The Bertz CT molecular complexity index is 2330. The molecule has 2 unspecified atom stereocenters. The number of alkyl halides is 6. The van der Waals surface area contributed by atoms with Crippen molar-refractivity contribution in [1.29, 1.82) is 5.26 Å². The highest BCUT2D eigenvalue weighted by atomic mass is 35.5. The van der Waals surface area contributed by atoms with Crippen LogP contribution in [0.5, 0.6) is 0 Å². The first-order valence-electron chi connectivity index (χ1n) is 18.7. The summed E-state index contributed by atoms with van der Waals surface area (Å²) in [7, 11) is 0. The number of hydrogen-bond donors (Lipinski definition) is 4. The highest BCUT2D eigenvalue weighted by Crippen LogP contribution is 2.51. The Labute approximate surface area is 392 Å². The Morgan fingerprint density at radius 3 is 1.39 bits per heavy atom. The Morgan fingerprint density at radius 1 is 0.719 bits per heavy atom. The van der Waals surface area contributed by atoms with Gasteiger partial charge in [0.25, 0.3) is 11.2 Å². The molecule has 0 saturated carbocycles. The van der Waals surface area contributed by atoms with Crippen LogP contribution in [0.2, 0.25) is 20.1 Å². The molecule has 0 fully saturated rings. The van der Waals surface area contributed by atoms with E-state index in [1.165, 1.54) is 62.1 Å². The van der Waals surface area contributed by atoms with E-state index in [0.717, 1.165) is 12.1 Å². The SMILES string of the molecule is CCN(CC)CC.Cc1cc(C2=NOC(c3cc(Cl)cc(Cl)c3)(C(F)(F)F)C2)ccc1/C(N)=N/O.Cc1cc(C2=NOC(c3cc(Cl)cc(Cl)c3)(C(F)(F)F)C2)ccc1C#N.Cl.NO. The van der Waals surface area contributed by atoms with Gasteiger partial charge in [-0.05, 0) is 110 Å². The van der Waals surface area contributed by atoms with E-state index in [-0.39, 0.29) is 60.9 Å². The fraction of sp³-hybridized carbons (Fsp3) is 0.333. The van der Waals surface area contributed by atoms with Crippen molar-refractivity contribution in [3.63, 3.8) is 0 Å². The molecule has 2 aliphatic heterocycles. The molecule has 0 aliphatic carbocycles. The minimum absolute atomic E-state index is 0. The van der Waals surface area contributed by atoms with Crippen LogP contribution in [0.25, 0.3) is 0 Å². The van der Waals surface area contributed by atoms with Crippen molar-refractivity contribution in [2.75, 3.05) is 19.6 Å². The van der Waals surface area contributed by atoms with Gasteiger partial charge in [0.1, 0.15) is 0 Å². The second kappa shape index (κ2) is 23.6. The number of amidine groups is 1. The van der Waals surface area contributed by atoms with E-state index >= 15 is 0 Å². The smallest absolute Gasteiger partial charge is 0.409 e. The summed E-state index contributed by atoms with van der Waals surface area (Å²) in [5.41, 5.74) is 3.01. The first kappa shape index (κ1) is 55.6. The Balaban J connectivity index is 0.000000367. The molecular formula is C42H44Cl5F6N7O4. The molecule has 64 heavy (non-hydrogen) atoms. The topological polar surface area (TPSA) is 175 Å². The van der Waals surface area contributed by atoms with Crippen LogP contribution in [-0.2, 0) is 20.9 Å². The lowest BCUT2D eigenvalue weighted by atomic mass is 9.86. The maximum atomic E-state index is 14.0. The van der Waals surface area contributed by atoms with Gasteiger partial charge in [-0.25, -0.2) is 5.90 Å². The van der Waals surface area contributed by atoms with Crippen LogP contribution in [-0.4, -0.2) is 64.6 Å². The van der Waals surface area contributed by atoms with Crippen molar-refractivity contribution >= 4 is 76.1 Å². The van der Waals surface area contributed by atoms with Gasteiger partial charge in [0.15, 0.2) is 5.84 Å². The summed E-state index contributed by atoms with van der Waals surface area (Å²) in [6.07, 6.45) is -10.6. The van der Waals surface area contributed by atoms with Crippen LogP contribution in [0.1, 0.15) is 78.1 Å². The normalized spacial score (nSPS) is 18.0. The molecule has 4 aromatic carbocycles. The van der Waals surface area contributed by atoms with Crippen LogP contribution in [0.3, 0.4) is 0 Å². The zero-order chi connectivity index (χ0) is 47.5. The lowest BCUT2D eigenvalue weighted by Crippen LogP contribution is -2.42. The van der Waals surface area contributed by atoms with Gasteiger partial charge in [0.2, 0.25) is 0 Å². The maximum absolute atomic E-state index is 14.0. The van der Waals surface area contributed by atoms with Crippen LogP contribution in [0.15, 0.2) is 88.3 Å². The summed E-state index contributed by atoms with van der Waals surface area (Å²) >= 11 is 23.5. The summed E-state index contributed by atoms with van der Waals surface area (Å²) in [6.45, 7) is 13.5. The van der Waals surface area contributed by atoms with Crippen molar-refractivity contribution in [3.8, 4) is 6.07 Å². The maximum Gasteiger partial charge on any atom is 0.435 e. The number of hydrogen-bond acceptors (Lipinski definition) is 10. The minimum Gasteiger partial charge on any atom is -0.409 e. The molecule has 0 spiro atoms. The van der Waals surface area contributed by atoms with Gasteiger partial charge >= 0.3 is 12.4 Å². The third kappa shape index (κ3) is 12.8. The Morgan fingerprint density at radius 2 is 1.09 bits per heavy atom. The minimum atomic E-state index is -4.77. The molecule has 6 N–H and O–H groups in total. The van der Waals surface area contributed by atoms with Crippen LogP contribution in [0, 0.1) is 25.2 Å². The molecule has 22 heteroatoms. The van der Waals surface area contributed by atoms with Gasteiger partial charge in [0.05, 0.1) is 23.1 Å². The van der Waals surface area contributed by atoms with Crippen LogP contribution < -0.4 is 11.6 Å². The lowest BCUT2D eigenvalue weighted by molar-refractivity contribution is -0.276. The molecule has 0 amide bonds. The monoisotopic (exact) mass is 999 g/mol. The molecule has 4 aromatic rings. The Hall–Kier alpha value is -4.51. The van der Waals surface area contributed by atoms with Gasteiger partial charge in [-0.1, -0.05) is 101 Å². The summed E-state index contributed by atoms with van der Waals surface area (Å²) in [5.74, 6) is 3.40. The molecule has 0 aromatic heterocycles. The predicted octanol–water partition coefficient (Wildman–Crippen LogP) is 11.8. The molecule has 0 bridgehead atoms. The molecule has 0 saturated heterocycles. The predicted molar refractivity (Wildman–Crippen MR) is 239 cm³/mol. The number of nitrogens with zero attached hydrogens (tertiary/aromatic N) is 5. The zero-order valence-electron chi connectivity index (χ0n) is 34.8. The van der Waals surface area contributed by atoms with Gasteiger partial charge in [-0.2, -0.15) is 31.6 Å². The largest absolute Gasteiger partial charge is 0.435 e. The molecule has 2 heterocycles. The molecular weight excluding hydrogens is 958 g/mol. The third-order valence-corrected chi connectivity index (χ3v) is 10.9. The number of oxime groups is 3.